The third kappa shape index (κ3) is 2.00. The van der Waals surface area contributed by atoms with Gasteiger partial charge in [0.1, 0.15) is 5.75 Å². The van der Waals surface area contributed by atoms with Crippen LogP contribution in [-0.4, -0.2) is 28.0 Å². The summed E-state index contributed by atoms with van der Waals surface area (Å²) in [5.74, 6) is 0.220. The fourth-order valence-corrected chi connectivity index (χ4v) is 2.17. The average molecular weight is 275 g/mol. The minimum Gasteiger partial charge on any atom is -0.482 e. The lowest BCUT2D eigenvalue weighted by molar-refractivity contribution is -0.119. The second-order valence-electron chi connectivity index (χ2n) is 4.51. The molecule has 8 heteroatoms. The number of benzene rings is 1. The summed E-state index contributed by atoms with van der Waals surface area (Å²) in [7, 11) is 0. The first-order chi connectivity index (χ1) is 9.54. The largest absolute Gasteiger partial charge is 0.482 e. The number of primary amides is 1. The lowest BCUT2D eigenvalue weighted by atomic mass is 10.2. The number of anilines is 2. The Balaban J connectivity index is 2.06. The number of ether oxygens (including phenoxy) is 1. The number of rotatable bonds is 3. The standard InChI is InChI=1S/C12H13N5O3/c13-10(18)1-2-17-8-4-9-7(15-11(19)5-20-9)3-6(8)16-12(17)14/h3-4H,1-2,5H2,(H2,13,18)(H2,14,16)(H,15,19). The molecule has 5 N–H and O–H groups in total. The van der Waals surface area contributed by atoms with E-state index in [1.165, 1.54) is 0 Å². The van der Waals surface area contributed by atoms with Crippen molar-refractivity contribution in [3.05, 3.63) is 12.1 Å². The number of hydrogen-bond acceptors (Lipinski definition) is 5. The van der Waals surface area contributed by atoms with Crippen LogP contribution in [0, 0.1) is 0 Å². The summed E-state index contributed by atoms with van der Waals surface area (Å²) >= 11 is 0. The van der Waals surface area contributed by atoms with Gasteiger partial charge < -0.3 is 26.1 Å². The molecular weight excluding hydrogens is 262 g/mol. The van der Waals surface area contributed by atoms with Gasteiger partial charge >= 0.3 is 0 Å². The molecule has 0 unspecified atom stereocenters. The summed E-state index contributed by atoms with van der Waals surface area (Å²) in [6.07, 6.45) is 0.171. The first-order valence-electron chi connectivity index (χ1n) is 6.05. The highest BCUT2D eigenvalue weighted by atomic mass is 16.5. The Morgan fingerprint density at radius 1 is 1.50 bits per heavy atom. The molecule has 1 aromatic carbocycles. The third-order valence-electron chi connectivity index (χ3n) is 3.09. The molecule has 0 saturated heterocycles. The Bertz CT molecular complexity index is 721. The number of imidazole rings is 1. The van der Waals surface area contributed by atoms with E-state index in [0.717, 1.165) is 5.52 Å². The first kappa shape index (κ1) is 12.3. The van der Waals surface area contributed by atoms with Crippen molar-refractivity contribution in [1.82, 2.24) is 9.55 Å². The molecular formula is C12H13N5O3. The Kier molecular flexibility index (Phi) is 2.70. The number of amides is 2. The monoisotopic (exact) mass is 275 g/mol. The zero-order valence-corrected chi connectivity index (χ0v) is 10.5. The van der Waals surface area contributed by atoms with Crippen LogP contribution in [-0.2, 0) is 16.1 Å². The van der Waals surface area contributed by atoms with Crippen molar-refractivity contribution in [2.24, 2.45) is 5.73 Å². The van der Waals surface area contributed by atoms with Gasteiger partial charge in [-0.3, -0.25) is 9.59 Å². The number of nitrogens with two attached hydrogens (primary N) is 2. The molecule has 8 nitrogen and oxygen atoms in total. The Morgan fingerprint density at radius 3 is 3.05 bits per heavy atom. The number of aryl methyl sites for hydroxylation is 1. The molecule has 104 valence electrons. The number of nitrogen functional groups attached to an aromatic ring is 1. The van der Waals surface area contributed by atoms with E-state index in [4.69, 9.17) is 16.2 Å². The van der Waals surface area contributed by atoms with Gasteiger partial charge in [-0.05, 0) is 6.07 Å². The fourth-order valence-electron chi connectivity index (χ4n) is 2.17. The summed E-state index contributed by atoms with van der Waals surface area (Å²) in [5.41, 5.74) is 12.9. The van der Waals surface area contributed by atoms with Crippen LogP contribution in [0.25, 0.3) is 11.0 Å². The third-order valence-corrected chi connectivity index (χ3v) is 3.09. The molecule has 0 saturated carbocycles. The van der Waals surface area contributed by atoms with Gasteiger partial charge in [-0.25, -0.2) is 4.98 Å². The topological polar surface area (TPSA) is 125 Å². The van der Waals surface area contributed by atoms with Crippen molar-refractivity contribution in [3.63, 3.8) is 0 Å². The van der Waals surface area contributed by atoms with Gasteiger partial charge in [-0.15, -0.1) is 0 Å². The molecule has 0 bridgehead atoms. The minimum absolute atomic E-state index is 0.0244. The number of aromatic nitrogens is 2. The maximum absolute atomic E-state index is 11.3. The number of carbonyl (C=O) groups excluding carboxylic acids is 2. The van der Waals surface area contributed by atoms with Crippen LogP contribution in [0.2, 0.25) is 0 Å². The van der Waals surface area contributed by atoms with E-state index in [-0.39, 0.29) is 24.9 Å². The molecule has 1 aromatic heterocycles. The van der Waals surface area contributed by atoms with E-state index in [9.17, 15) is 9.59 Å². The lowest BCUT2D eigenvalue weighted by Crippen LogP contribution is -2.25. The maximum Gasteiger partial charge on any atom is 0.262 e. The van der Waals surface area contributed by atoms with E-state index in [1.54, 1.807) is 16.7 Å². The van der Waals surface area contributed by atoms with Crippen LogP contribution in [0.15, 0.2) is 12.1 Å². The predicted molar refractivity (Wildman–Crippen MR) is 72.1 cm³/mol. The predicted octanol–water partition coefficient (Wildman–Crippen LogP) is -0.175. The van der Waals surface area contributed by atoms with E-state index in [2.05, 4.69) is 10.3 Å². The van der Waals surface area contributed by atoms with Gasteiger partial charge in [0.15, 0.2) is 6.61 Å². The van der Waals surface area contributed by atoms with Gasteiger partial charge in [-0.2, -0.15) is 0 Å². The van der Waals surface area contributed by atoms with Crippen LogP contribution in [0.3, 0.4) is 0 Å². The molecule has 2 aromatic rings. The molecule has 0 fully saturated rings. The number of nitrogens with zero attached hydrogens (tertiary/aromatic N) is 2. The molecule has 20 heavy (non-hydrogen) atoms. The zero-order chi connectivity index (χ0) is 14.3. The van der Waals surface area contributed by atoms with Crippen LogP contribution in [0.1, 0.15) is 6.42 Å². The van der Waals surface area contributed by atoms with Crippen molar-refractivity contribution in [2.75, 3.05) is 17.7 Å². The first-order valence-corrected chi connectivity index (χ1v) is 6.05. The maximum atomic E-state index is 11.3. The summed E-state index contributed by atoms with van der Waals surface area (Å²) in [4.78, 5) is 26.4. The van der Waals surface area contributed by atoms with Gasteiger partial charge in [0.05, 0.1) is 16.7 Å². The highest BCUT2D eigenvalue weighted by Gasteiger charge is 2.19. The van der Waals surface area contributed by atoms with Crippen molar-refractivity contribution in [2.45, 2.75) is 13.0 Å². The highest BCUT2D eigenvalue weighted by molar-refractivity contribution is 5.98. The SMILES string of the molecule is NC(=O)CCn1c(N)nc2cc3c(cc21)OCC(=O)N3. The highest BCUT2D eigenvalue weighted by Crippen LogP contribution is 2.33. The van der Waals surface area contributed by atoms with Crippen molar-refractivity contribution >= 4 is 34.5 Å². The van der Waals surface area contributed by atoms with Crippen molar-refractivity contribution in [3.8, 4) is 5.75 Å². The van der Waals surface area contributed by atoms with Crippen molar-refractivity contribution < 1.29 is 14.3 Å². The Labute approximate surface area is 113 Å². The lowest BCUT2D eigenvalue weighted by Gasteiger charge is -2.17. The molecule has 2 heterocycles. The zero-order valence-electron chi connectivity index (χ0n) is 10.5. The van der Waals surface area contributed by atoms with Gasteiger partial charge in [-0.1, -0.05) is 0 Å². The van der Waals surface area contributed by atoms with Crippen LogP contribution < -0.4 is 21.5 Å². The Morgan fingerprint density at radius 2 is 2.30 bits per heavy atom. The van der Waals surface area contributed by atoms with E-state index < -0.39 is 5.91 Å². The summed E-state index contributed by atoms with van der Waals surface area (Å²) in [6.45, 7) is 0.326. The molecule has 1 aliphatic rings. The minimum atomic E-state index is -0.410. The summed E-state index contributed by atoms with van der Waals surface area (Å²) in [6, 6.07) is 3.44. The molecule has 0 spiro atoms. The molecule has 1 aliphatic heterocycles. The number of carbonyl (C=O) groups is 2. The fraction of sp³-hybridized carbons (Fsp3) is 0.250. The van der Waals surface area contributed by atoms with Crippen LogP contribution in [0.4, 0.5) is 11.6 Å². The smallest absolute Gasteiger partial charge is 0.262 e. The molecule has 0 aliphatic carbocycles. The molecule has 0 radical (unpaired) electrons. The average Bonchev–Trinajstić information content (AvgIpc) is 2.68. The molecule has 2 amide bonds. The normalized spacial score (nSPS) is 13.7. The quantitative estimate of drug-likeness (QED) is 0.716. The van der Waals surface area contributed by atoms with Crippen LogP contribution in [0.5, 0.6) is 5.75 Å². The number of nitrogens with one attached hydrogen (secondary N) is 1. The summed E-state index contributed by atoms with van der Waals surface area (Å²) in [5, 5.41) is 2.70. The van der Waals surface area contributed by atoms with Gasteiger partial charge in [0, 0.05) is 19.0 Å². The van der Waals surface area contributed by atoms with Gasteiger partial charge in [0.25, 0.3) is 5.91 Å². The molecule has 3 rings (SSSR count). The second kappa shape index (κ2) is 4.41. The number of fused-ring (bicyclic) bond motifs is 2. The van der Waals surface area contributed by atoms with Crippen LogP contribution >= 0.6 is 0 Å². The van der Waals surface area contributed by atoms with Gasteiger partial charge in [0.2, 0.25) is 11.9 Å². The van der Waals surface area contributed by atoms with E-state index in [1.807, 2.05) is 0 Å². The second-order valence-corrected chi connectivity index (χ2v) is 4.51. The molecule has 0 atom stereocenters. The summed E-state index contributed by atoms with van der Waals surface area (Å²) < 4.78 is 7.04. The van der Waals surface area contributed by atoms with E-state index >= 15 is 0 Å². The Hall–Kier alpha value is -2.77. The number of hydrogen-bond donors (Lipinski definition) is 3. The van der Waals surface area contributed by atoms with E-state index in [0.29, 0.717) is 23.5 Å². The van der Waals surface area contributed by atoms with Crippen molar-refractivity contribution in [1.29, 1.82) is 0 Å².